The van der Waals surface area contributed by atoms with Crippen LogP contribution in [-0.4, -0.2) is 18.8 Å². The molecule has 2 rings (SSSR count). The van der Waals surface area contributed by atoms with Crippen molar-refractivity contribution in [3.63, 3.8) is 0 Å². The van der Waals surface area contributed by atoms with Crippen molar-refractivity contribution in [1.82, 2.24) is 0 Å². The Bertz CT molecular complexity index is 348. The van der Waals surface area contributed by atoms with Crippen LogP contribution in [0.5, 0.6) is 0 Å². The number of benzene rings is 1. The molecule has 0 atom stereocenters. The van der Waals surface area contributed by atoms with Crippen molar-refractivity contribution < 1.29 is 0 Å². The molecule has 1 aromatic carbocycles. The second kappa shape index (κ2) is 5.34. The molecule has 0 amide bonds. The molecule has 1 aliphatic rings. The third-order valence-electron chi connectivity index (χ3n) is 4.06. The van der Waals surface area contributed by atoms with Gasteiger partial charge in [-0.2, -0.15) is 12.6 Å². The molecule has 0 unspecified atom stereocenters. The maximum Gasteiger partial charge on any atom is 0.0366 e. The molecule has 0 heterocycles. The second-order valence-electron chi connectivity index (χ2n) is 5.36. The van der Waals surface area contributed by atoms with Crippen molar-refractivity contribution in [2.45, 2.75) is 33.1 Å². The summed E-state index contributed by atoms with van der Waals surface area (Å²) in [6.07, 6.45) is 4.07. The van der Waals surface area contributed by atoms with Crippen LogP contribution in [0.2, 0.25) is 0 Å². The Morgan fingerprint density at radius 1 is 1.24 bits per heavy atom. The molecule has 1 saturated carbocycles. The molecule has 0 aliphatic heterocycles. The maximum atomic E-state index is 4.55. The minimum atomic E-state index is 0.476. The number of anilines is 1. The highest BCUT2D eigenvalue weighted by molar-refractivity contribution is 7.80. The lowest BCUT2D eigenvalue weighted by atomic mass is 9.70. The molecule has 0 aromatic heterocycles. The van der Waals surface area contributed by atoms with Gasteiger partial charge in [-0.1, -0.05) is 24.1 Å². The van der Waals surface area contributed by atoms with Crippen molar-refractivity contribution in [2.24, 2.45) is 5.41 Å². The topological polar surface area (TPSA) is 3.24 Å². The molecule has 0 spiro atoms. The van der Waals surface area contributed by atoms with Crippen molar-refractivity contribution in [3.8, 4) is 0 Å². The monoisotopic (exact) mass is 249 g/mol. The van der Waals surface area contributed by atoms with E-state index in [1.807, 2.05) is 0 Å². The van der Waals surface area contributed by atoms with Gasteiger partial charge >= 0.3 is 0 Å². The minimum absolute atomic E-state index is 0.476. The molecular formula is C15H23NS. The third-order valence-corrected chi connectivity index (χ3v) is 4.73. The SMILES string of the molecule is CCN(CC1(CS)CCC1)c1ccc(C)cc1. The van der Waals surface area contributed by atoms with E-state index in [0.717, 1.165) is 18.8 Å². The zero-order valence-corrected chi connectivity index (χ0v) is 11.8. The zero-order chi connectivity index (χ0) is 12.3. The normalized spacial score (nSPS) is 17.6. The highest BCUT2D eigenvalue weighted by Gasteiger charge is 2.36. The average Bonchev–Trinajstić information content (AvgIpc) is 2.30. The summed E-state index contributed by atoms with van der Waals surface area (Å²) in [5.74, 6) is 1.02. The summed E-state index contributed by atoms with van der Waals surface area (Å²) in [4.78, 5) is 2.49. The molecule has 17 heavy (non-hydrogen) atoms. The smallest absolute Gasteiger partial charge is 0.0366 e. The fourth-order valence-electron chi connectivity index (χ4n) is 2.59. The largest absolute Gasteiger partial charge is 0.371 e. The molecule has 1 aliphatic carbocycles. The van der Waals surface area contributed by atoms with E-state index in [1.54, 1.807) is 0 Å². The molecule has 94 valence electrons. The van der Waals surface area contributed by atoms with Crippen LogP contribution in [0.15, 0.2) is 24.3 Å². The van der Waals surface area contributed by atoms with Crippen LogP contribution in [0.3, 0.4) is 0 Å². The fraction of sp³-hybridized carbons (Fsp3) is 0.600. The zero-order valence-electron chi connectivity index (χ0n) is 10.9. The van der Waals surface area contributed by atoms with Crippen molar-refractivity contribution in [2.75, 3.05) is 23.7 Å². The number of hydrogen-bond donors (Lipinski definition) is 1. The van der Waals surface area contributed by atoms with E-state index in [4.69, 9.17) is 0 Å². The lowest BCUT2D eigenvalue weighted by Crippen LogP contribution is -2.43. The van der Waals surface area contributed by atoms with E-state index in [-0.39, 0.29) is 0 Å². The summed E-state index contributed by atoms with van der Waals surface area (Å²) in [5.41, 5.74) is 3.16. The first kappa shape index (κ1) is 12.8. The van der Waals surface area contributed by atoms with Gasteiger partial charge in [0.25, 0.3) is 0 Å². The van der Waals surface area contributed by atoms with Gasteiger partial charge in [-0.05, 0) is 50.0 Å². The van der Waals surface area contributed by atoms with Gasteiger partial charge in [-0.3, -0.25) is 0 Å². The summed E-state index contributed by atoms with van der Waals surface area (Å²) in [7, 11) is 0. The van der Waals surface area contributed by atoms with Gasteiger partial charge in [0, 0.05) is 18.8 Å². The molecular weight excluding hydrogens is 226 g/mol. The fourth-order valence-corrected chi connectivity index (χ4v) is 3.01. The van der Waals surface area contributed by atoms with E-state index in [0.29, 0.717) is 5.41 Å². The Morgan fingerprint density at radius 3 is 2.29 bits per heavy atom. The van der Waals surface area contributed by atoms with Crippen LogP contribution >= 0.6 is 12.6 Å². The van der Waals surface area contributed by atoms with Crippen LogP contribution in [0.25, 0.3) is 0 Å². The summed E-state index contributed by atoms with van der Waals surface area (Å²) in [6, 6.07) is 8.88. The van der Waals surface area contributed by atoms with Crippen molar-refractivity contribution in [1.29, 1.82) is 0 Å². The van der Waals surface area contributed by atoms with Crippen LogP contribution in [0, 0.1) is 12.3 Å². The Labute approximate surface area is 111 Å². The third kappa shape index (κ3) is 2.79. The number of aryl methyl sites for hydroxylation is 1. The van der Waals surface area contributed by atoms with Gasteiger partial charge in [-0.15, -0.1) is 0 Å². The number of rotatable bonds is 5. The van der Waals surface area contributed by atoms with Crippen LogP contribution < -0.4 is 4.90 Å². The summed E-state index contributed by atoms with van der Waals surface area (Å²) in [5, 5.41) is 0. The molecule has 2 heteroatoms. The molecule has 1 fully saturated rings. The van der Waals surface area contributed by atoms with Crippen LogP contribution in [0.1, 0.15) is 31.7 Å². The Morgan fingerprint density at radius 2 is 1.88 bits per heavy atom. The first-order valence-electron chi connectivity index (χ1n) is 6.61. The van der Waals surface area contributed by atoms with Crippen molar-refractivity contribution in [3.05, 3.63) is 29.8 Å². The predicted octanol–water partition coefficient (Wildman–Crippen LogP) is 3.92. The highest BCUT2D eigenvalue weighted by atomic mass is 32.1. The summed E-state index contributed by atoms with van der Waals surface area (Å²) >= 11 is 4.55. The molecule has 0 saturated heterocycles. The predicted molar refractivity (Wildman–Crippen MR) is 79.2 cm³/mol. The molecule has 0 radical (unpaired) electrons. The second-order valence-corrected chi connectivity index (χ2v) is 5.68. The first-order valence-corrected chi connectivity index (χ1v) is 7.25. The summed E-state index contributed by atoms with van der Waals surface area (Å²) in [6.45, 7) is 6.63. The average molecular weight is 249 g/mol. The van der Waals surface area contributed by atoms with Gasteiger partial charge in [0.1, 0.15) is 0 Å². The Hall–Kier alpha value is -0.630. The molecule has 1 nitrogen and oxygen atoms in total. The van der Waals surface area contributed by atoms with Gasteiger partial charge in [-0.25, -0.2) is 0 Å². The summed E-state index contributed by atoms with van der Waals surface area (Å²) < 4.78 is 0. The Balaban J connectivity index is 2.08. The van der Waals surface area contributed by atoms with Crippen LogP contribution in [-0.2, 0) is 0 Å². The van der Waals surface area contributed by atoms with Crippen molar-refractivity contribution >= 4 is 18.3 Å². The van der Waals surface area contributed by atoms with E-state index in [2.05, 4.69) is 55.6 Å². The van der Waals surface area contributed by atoms with Gasteiger partial charge < -0.3 is 4.90 Å². The molecule has 1 aromatic rings. The molecule has 0 bridgehead atoms. The van der Waals surface area contributed by atoms with E-state index in [9.17, 15) is 0 Å². The van der Waals surface area contributed by atoms with E-state index >= 15 is 0 Å². The van der Waals surface area contributed by atoms with Gasteiger partial charge in [0.2, 0.25) is 0 Å². The van der Waals surface area contributed by atoms with Gasteiger partial charge in [0.05, 0.1) is 0 Å². The minimum Gasteiger partial charge on any atom is -0.371 e. The van der Waals surface area contributed by atoms with Gasteiger partial charge in [0.15, 0.2) is 0 Å². The quantitative estimate of drug-likeness (QED) is 0.774. The lowest BCUT2D eigenvalue weighted by Gasteiger charge is -2.44. The number of nitrogens with zero attached hydrogens (tertiary/aromatic N) is 1. The van der Waals surface area contributed by atoms with Crippen LogP contribution in [0.4, 0.5) is 5.69 Å². The van der Waals surface area contributed by atoms with E-state index in [1.165, 1.54) is 30.5 Å². The van der Waals surface area contributed by atoms with E-state index < -0.39 is 0 Å². The lowest BCUT2D eigenvalue weighted by molar-refractivity contribution is 0.176. The Kier molecular flexibility index (Phi) is 4.03. The first-order chi connectivity index (χ1) is 8.19. The number of hydrogen-bond acceptors (Lipinski definition) is 2. The molecule has 0 N–H and O–H groups in total. The maximum absolute atomic E-state index is 4.55. The standard InChI is InChI=1S/C15H23NS/c1-3-16(11-15(12-17)9-4-10-15)14-7-5-13(2)6-8-14/h5-8,17H,3-4,9-12H2,1-2H3. The number of thiol groups is 1. The highest BCUT2D eigenvalue weighted by Crippen LogP contribution is 2.43.